The number of non-ortho nitro benzene ring substituents is 1. The van der Waals surface area contributed by atoms with Gasteiger partial charge in [-0.2, -0.15) is 0 Å². The van der Waals surface area contributed by atoms with Crippen LogP contribution in [0.1, 0.15) is 19.1 Å². The fraction of sp³-hybridized carbons (Fsp3) is 0.333. The van der Waals surface area contributed by atoms with Gasteiger partial charge in [0.25, 0.3) is 5.69 Å². The van der Waals surface area contributed by atoms with E-state index in [0.29, 0.717) is 31.0 Å². The predicted octanol–water partition coefficient (Wildman–Crippen LogP) is 3.63. The summed E-state index contributed by atoms with van der Waals surface area (Å²) in [5.74, 6) is 1.38. The molecule has 2 rings (SSSR count). The van der Waals surface area contributed by atoms with Crippen LogP contribution in [0.15, 0.2) is 41.0 Å². The minimum atomic E-state index is -0.420. The lowest BCUT2D eigenvalue weighted by molar-refractivity contribution is -0.384. The van der Waals surface area contributed by atoms with Crippen LogP contribution in [-0.4, -0.2) is 18.1 Å². The molecule has 1 N–H and O–H groups in total. The van der Waals surface area contributed by atoms with Gasteiger partial charge in [-0.15, -0.1) is 0 Å². The van der Waals surface area contributed by atoms with Gasteiger partial charge in [-0.25, -0.2) is 0 Å². The molecule has 6 heteroatoms. The van der Waals surface area contributed by atoms with E-state index in [0.717, 1.165) is 12.2 Å². The van der Waals surface area contributed by atoms with Gasteiger partial charge in [0.2, 0.25) is 0 Å². The fourth-order valence-corrected chi connectivity index (χ4v) is 1.88. The normalized spacial score (nSPS) is 10.3. The number of anilines is 1. The molecule has 0 amide bonds. The zero-order valence-corrected chi connectivity index (χ0v) is 11.9. The third-order valence-corrected chi connectivity index (χ3v) is 2.86. The van der Waals surface area contributed by atoms with Crippen molar-refractivity contribution >= 4 is 11.4 Å². The van der Waals surface area contributed by atoms with Crippen LogP contribution in [-0.2, 0) is 6.42 Å². The molecule has 0 saturated carbocycles. The average Bonchev–Trinajstić information content (AvgIpc) is 2.98. The summed E-state index contributed by atoms with van der Waals surface area (Å²) in [5.41, 5.74) is 0.686. The van der Waals surface area contributed by atoms with Crippen molar-refractivity contribution in [3.05, 3.63) is 52.5 Å². The fourth-order valence-electron chi connectivity index (χ4n) is 1.88. The summed E-state index contributed by atoms with van der Waals surface area (Å²) in [6, 6.07) is 8.43. The van der Waals surface area contributed by atoms with E-state index < -0.39 is 4.92 Å². The number of hydrogen-bond donors (Lipinski definition) is 1. The van der Waals surface area contributed by atoms with Gasteiger partial charge in [0.15, 0.2) is 0 Å². The number of nitrogens with zero attached hydrogens (tertiary/aromatic N) is 1. The van der Waals surface area contributed by atoms with Crippen LogP contribution in [0.25, 0.3) is 0 Å². The molecule has 1 heterocycles. The van der Waals surface area contributed by atoms with Gasteiger partial charge >= 0.3 is 0 Å². The van der Waals surface area contributed by atoms with E-state index >= 15 is 0 Å². The van der Waals surface area contributed by atoms with Gasteiger partial charge in [-0.05, 0) is 18.6 Å². The van der Waals surface area contributed by atoms with Gasteiger partial charge in [0, 0.05) is 30.8 Å². The summed E-state index contributed by atoms with van der Waals surface area (Å²) < 4.78 is 10.7. The molecule has 0 aliphatic heterocycles. The number of rotatable bonds is 8. The number of hydrogen-bond acceptors (Lipinski definition) is 5. The first-order valence-electron chi connectivity index (χ1n) is 6.87. The maximum Gasteiger partial charge on any atom is 0.275 e. The molecule has 0 fully saturated rings. The lowest BCUT2D eigenvalue weighted by Crippen LogP contribution is -2.05. The van der Waals surface area contributed by atoms with Gasteiger partial charge in [0.05, 0.1) is 23.9 Å². The Morgan fingerprint density at radius 2 is 2.24 bits per heavy atom. The van der Waals surface area contributed by atoms with E-state index in [1.165, 1.54) is 12.1 Å². The third kappa shape index (κ3) is 4.52. The predicted molar refractivity (Wildman–Crippen MR) is 79.8 cm³/mol. The molecular formula is C15H18N2O4. The second kappa shape index (κ2) is 7.33. The second-order valence-electron chi connectivity index (χ2n) is 4.58. The SMILES string of the molecule is CCCOc1cc(NCCc2ccco2)cc([N+](=O)[O-])c1. The molecule has 1 aromatic carbocycles. The van der Waals surface area contributed by atoms with E-state index in [2.05, 4.69) is 5.32 Å². The van der Waals surface area contributed by atoms with Crippen molar-refractivity contribution < 1.29 is 14.1 Å². The van der Waals surface area contributed by atoms with Crippen LogP contribution in [0.2, 0.25) is 0 Å². The summed E-state index contributed by atoms with van der Waals surface area (Å²) >= 11 is 0. The molecule has 0 saturated heterocycles. The van der Waals surface area contributed by atoms with Gasteiger partial charge in [-0.1, -0.05) is 6.92 Å². The van der Waals surface area contributed by atoms with E-state index in [-0.39, 0.29) is 5.69 Å². The standard InChI is InChI=1S/C15H18N2O4/c1-2-7-20-15-10-12(9-13(11-15)17(18)19)16-6-5-14-4-3-8-21-14/h3-4,8-11,16H,2,5-7H2,1H3. The third-order valence-electron chi connectivity index (χ3n) is 2.86. The topological polar surface area (TPSA) is 77.5 Å². The van der Waals surface area contributed by atoms with Gasteiger partial charge in [-0.3, -0.25) is 10.1 Å². The van der Waals surface area contributed by atoms with E-state index in [1.807, 2.05) is 19.1 Å². The highest BCUT2D eigenvalue weighted by atomic mass is 16.6. The van der Waals surface area contributed by atoms with Crippen molar-refractivity contribution in [3.8, 4) is 5.75 Å². The molecule has 112 valence electrons. The Hall–Kier alpha value is -2.50. The number of benzene rings is 1. The molecule has 0 bridgehead atoms. The monoisotopic (exact) mass is 290 g/mol. The molecule has 0 aliphatic carbocycles. The molecule has 2 aromatic rings. The first kappa shape index (κ1) is 14.9. The maximum absolute atomic E-state index is 10.9. The van der Waals surface area contributed by atoms with Gasteiger partial charge < -0.3 is 14.5 Å². The molecule has 0 unspecified atom stereocenters. The van der Waals surface area contributed by atoms with E-state index in [9.17, 15) is 10.1 Å². The first-order valence-corrected chi connectivity index (χ1v) is 6.87. The lowest BCUT2D eigenvalue weighted by Gasteiger charge is -2.09. The number of nitrogens with one attached hydrogen (secondary N) is 1. The van der Waals surface area contributed by atoms with Crippen molar-refractivity contribution in [1.82, 2.24) is 0 Å². The highest BCUT2D eigenvalue weighted by Crippen LogP contribution is 2.26. The van der Waals surface area contributed by atoms with Crippen molar-refractivity contribution in [1.29, 1.82) is 0 Å². The smallest absolute Gasteiger partial charge is 0.275 e. The number of nitro benzene ring substituents is 1. The minimum absolute atomic E-state index is 0.0177. The van der Waals surface area contributed by atoms with Crippen LogP contribution in [0.4, 0.5) is 11.4 Å². The molecule has 0 radical (unpaired) electrons. The Morgan fingerprint density at radius 1 is 1.38 bits per heavy atom. The van der Waals surface area contributed by atoms with Crippen molar-refractivity contribution in [2.45, 2.75) is 19.8 Å². The Bertz CT molecular complexity index is 581. The van der Waals surface area contributed by atoms with Crippen molar-refractivity contribution in [3.63, 3.8) is 0 Å². The molecule has 0 spiro atoms. The zero-order chi connectivity index (χ0) is 15.1. The van der Waals surface area contributed by atoms with Crippen molar-refractivity contribution in [2.75, 3.05) is 18.5 Å². The summed E-state index contributed by atoms with van der Waals surface area (Å²) in [6.07, 6.45) is 3.18. The Morgan fingerprint density at radius 3 is 2.90 bits per heavy atom. The van der Waals surface area contributed by atoms with Crippen LogP contribution in [0, 0.1) is 10.1 Å². The zero-order valence-electron chi connectivity index (χ0n) is 11.9. The molecule has 0 aliphatic rings. The Balaban J connectivity index is 2.02. The average molecular weight is 290 g/mol. The first-order chi connectivity index (χ1) is 10.2. The largest absolute Gasteiger partial charge is 0.493 e. The summed E-state index contributed by atoms with van der Waals surface area (Å²) in [6.45, 7) is 3.15. The molecule has 6 nitrogen and oxygen atoms in total. The van der Waals surface area contributed by atoms with E-state index in [4.69, 9.17) is 9.15 Å². The quantitative estimate of drug-likeness (QED) is 0.593. The second-order valence-corrected chi connectivity index (χ2v) is 4.58. The highest BCUT2D eigenvalue weighted by Gasteiger charge is 2.10. The Labute approximate surface area is 122 Å². The lowest BCUT2D eigenvalue weighted by atomic mass is 10.2. The van der Waals surface area contributed by atoms with Crippen LogP contribution in [0.5, 0.6) is 5.75 Å². The van der Waals surface area contributed by atoms with Crippen LogP contribution < -0.4 is 10.1 Å². The summed E-state index contributed by atoms with van der Waals surface area (Å²) in [7, 11) is 0. The minimum Gasteiger partial charge on any atom is -0.493 e. The van der Waals surface area contributed by atoms with E-state index in [1.54, 1.807) is 12.3 Å². The highest BCUT2D eigenvalue weighted by molar-refractivity contribution is 5.56. The molecular weight excluding hydrogens is 272 g/mol. The molecule has 21 heavy (non-hydrogen) atoms. The molecule has 0 atom stereocenters. The summed E-state index contributed by atoms with van der Waals surface area (Å²) in [5, 5.41) is 14.1. The molecule has 1 aromatic heterocycles. The Kier molecular flexibility index (Phi) is 5.20. The summed E-state index contributed by atoms with van der Waals surface area (Å²) in [4.78, 5) is 10.5. The number of ether oxygens (including phenoxy) is 1. The van der Waals surface area contributed by atoms with Crippen molar-refractivity contribution in [2.24, 2.45) is 0 Å². The maximum atomic E-state index is 10.9. The van der Waals surface area contributed by atoms with Crippen LogP contribution in [0.3, 0.4) is 0 Å². The number of nitro groups is 1. The van der Waals surface area contributed by atoms with Gasteiger partial charge in [0.1, 0.15) is 11.5 Å². The van der Waals surface area contributed by atoms with Crippen LogP contribution >= 0.6 is 0 Å². The number of furan rings is 1.